The number of thioether (sulfide) groups is 1. The first kappa shape index (κ1) is 20.1. The fourth-order valence-electron chi connectivity index (χ4n) is 2.75. The summed E-state index contributed by atoms with van der Waals surface area (Å²) in [4.78, 5) is 17.2. The lowest BCUT2D eigenvalue weighted by atomic mass is 10.1. The third kappa shape index (κ3) is 5.46. The van der Waals surface area contributed by atoms with E-state index in [1.165, 1.54) is 17.1 Å². The minimum Gasteiger partial charge on any atom is -0.489 e. The number of anilines is 1. The summed E-state index contributed by atoms with van der Waals surface area (Å²) in [7, 11) is 0. The maximum atomic E-state index is 12.8. The molecule has 1 aromatic heterocycles. The van der Waals surface area contributed by atoms with Gasteiger partial charge in [-0.15, -0.1) is 0 Å². The maximum Gasteiger partial charge on any atom is 0.257 e. The van der Waals surface area contributed by atoms with Crippen molar-refractivity contribution >= 4 is 34.3 Å². The van der Waals surface area contributed by atoms with E-state index in [9.17, 15) is 4.79 Å². The summed E-state index contributed by atoms with van der Waals surface area (Å²) in [5.41, 5.74) is 2.57. The largest absolute Gasteiger partial charge is 0.489 e. The number of hydrogen-bond acceptors (Lipinski definition) is 6. The van der Waals surface area contributed by atoms with Crippen LogP contribution in [-0.4, -0.2) is 15.3 Å². The van der Waals surface area contributed by atoms with Crippen molar-refractivity contribution < 1.29 is 9.53 Å². The molecule has 0 saturated heterocycles. The Morgan fingerprint density at radius 2 is 1.63 bits per heavy atom. The van der Waals surface area contributed by atoms with Crippen molar-refractivity contribution in [3.05, 3.63) is 102 Å². The van der Waals surface area contributed by atoms with Gasteiger partial charge in [0.15, 0.2) is 0 Å². The van der Waals surface area contributed by atoms with Gasteiger partial charge in [-0.2, -0.15) is 9.36 Å². The average molecular weight is 434 g/mol. The predicted octanol–water partition coefficient (Wildman–Crippen LogP) is 5.66. The molecule has 150 valence electrons. The topological polar surface area (TPSA) is 64.1 Å². The van der Waals surface area contributed by atoms with E-state index in [0.29, 0.717) is 22.5 Å². The third-order valence-corrected chi connectivity index (χ3v) is 5.90. The smallest absolute Gasteiger partial charge is 0.257 e. The van der Waals surface area contributed by atoms with Gasteiger partial charge in [-0.3, -0.25) is 10.1 Å². The Labute approximate surface area is 183 Å². The van der Waals surface area contributed by atoms with E-state index >= 15 is 0 Å². The Kier molecular flexibility index (Phi) is 6.74. The molecule has 0 aliphatic carbocycles. The van der Waals surface area contributed by atoms with Crippen LogP contribution in [0.15, 0.2) is 90.1 Å². The van der Waals surface area contributed by atoms with E-state index in [1.54, 1.807) is 17.8 Å². The van der Waals surface area contributed by atoms with Crippen LogP contribution in [0.3, 0.4) is 0 Å². The molecule has 7 heteroatoms. The van der Waals surface area contributed by atoms with Crippen LogP contribution in [-0.2, 0) is 12.4 Å². The van der Waals surface area contributed by atoms with Crippen LogP contribution in [0.4, 0.5) is 5.13 Å². The van der Waals surface area contributed by atoms with Gasteiger partial charge in [-0.05, 0) is 23.8 Å². The quantitative estimate of drug-likeness (QED) is 0.363. The molecule has 0 fully saturated rings. The summed E-state index contributed by atoms with van der Waals surface area (Å²) in [5.74, 6) is 1.32. The first-order valence-corrected chi connectivity index (χ1v) is 11.1. The van der Waals surface area contributed by atoms with Gasteiger partial charge in [-0.1, -0.05) is 78.5 Å². The molecular weight excluding hydrogens is 414 g/mol. The van der Waals surface area contributed by atoms with Crippen LogP contribution in [0.25, 0.3) is 0 Å². The highest BCUT2D eigenvalue weighted by Gasteiger charge is 2.14. The number of carbonyl (C=O) groups is 1. The Morgan fingerprint density at radius 3 is 2.43 bits per heavy atom. The molecule has 4 aromatic rings. The number of aromatic nitrogens is 2. The molecule has 0 bridgehead atoms. The summed E-state index contributed by atoms with van der Waals surface area (Å²) >= 11 is 2.72. The molecule has 0 unspecified atom stereocenters. The second-order valence-electron chi connectivity index (χ2n) is 6.37. The molecule has 1 heterocycles. The number of para-hydroxylation sites is 1. The third-order valence-electron chi connectivity index (χ3n) is 4.24. The van der Waals surface area contributed by atoms with Gasteiger partial charge in [0.1, 0.15) is 12.4 Å². The number of nitrogens with one attached hydrogen (secondary N) is 1. The molecule has 0 aliphatic heterocycles. The van der Waals surface area contributed by atoms with E-state index in [-0.39, 0.29) is 5.91 Å². The fraction of sp³-hybridized carbons (Fsp3) is 0.0870. The zero-order valence-electron chi connectivity index (χ0n) is 16.0. The Morgan fingerprint density at radius 1 is 0.933 bits per heavy atom. The van der Waals surface area contributed by atoms with E-state index in [2.05, 4.69) is 26.8 Å². The van der Waals surface area contributed by atoms with Gasteiger partial charge in [0, 0.05) is 28.4 Å². The van der Waals surface area contributed by atoms with Crippen LogP contribution in [0.1, 0.15) is 21.5 Å². The van der Waals surface area contributed by atoms with Crippen molar-refractivity contribution in [2.45, 2.75) is 17.5 Å². The fourth-order valence-corrected chi connectivity index (χ4v) is 4.25. The lowest BCUT2D eigenvalue weighted by Crippen LogP contribution is -2.15. The van der Waals surface area contributed by atoms with Gasteiger partial charge in [0.2, 0.25) is 10.3 Å². The predicted molar refractivity (Wildman–Crippen MR) is 121 cm³/mol. The van der Waals surface area contributed by atoms with Crippen molar-refractivity contribution in [1.82, 2.24) is 9.36 Å². The summed E-state index contributed by atoms with van der Waals surface area (Å²) in [6, 6.07) is 27.1. The Hall–Kier alpha value is -3.16. The van der Waals surface area contributed by atoms with Gasteiger partial charge < -0.3 is 4.74 Å². The van der Waals surface area contributed by atoms with Crippen molar-refractivity contribution in [3.63, 3.8) is 0 Å². The summed E-state index contributed by atoms with van der Waals surface area (Å²) in [6.07, 6.45) is 0. The molecule has 30 heavy (non-hydrogen) atoms. The highest BCUT2D eigenvalue weighted by atomic mass is 32.2. The molecular formula is C23H19N3O2S2. The number of rotatable bonds is 8. The molecule has 3 aromatic carbocycles. The van der Waals surface area contributed by atoms with Gasteiger partial charge in [0.05, 0.1) is 0 Å². The minimum atomic E-state index is -0.224. The zero-order chi connectivity index (χ0) is 20.6. The number of carbonyl (C=O) groups excluding carboxylic acids is 1. The van der Waals surface area contributed by atoms with Crippen molar-refractivity contribution in [1.29, 1.82) is 0 Å². The van der Waals surface area contributed by atoms with E-state index in [4.69, 9.17) is 4.74 Å². The van der Waals surface area contributed by atoms with Gasteiger partial charge in [-0.25, -0.2) is 0 Å². The van der Waals surface area contributed by atoms with Crippen LogP contribution in [0.5, 0.6) is 5.75 Å². The van der Waals surface area contributed by atoms with Crippen LogP contribution >= 0.6 is 23.3 Å². The number of ether oxygens (including phenoxy) is 1. The lowest BCUT2D eigenvalue weighted by Gasteiger charge is -2.10. The normalized spacial score (nSPS) is 10.5. The molecule has 1 amide bonds. The van der Waals surface area contributed by atoms with Crippen LogP contribution in [0.2, 0.25) is 0 Å². The van der Waals surface area contributed by atoms with E-state index in [1.807, 2.05) is 66.7 Å². The molecule has 0 spiro atoms. The standard InChI is InChI=1S/C23H19N3O2S2/c27-21(20-14-8-7-11-18(20)15-28-19-12-5-2-6-13-19)24-22-25-23(26-30-22)29-16-17-9-3-1-4-10-17/h1-14H,15-16H2,(H,24,25,26,27). The molecule has 0 radical (unpaired) electrons. The van der Waals surface area contributed by atoms with Crippen molar-refractivity contribution in [2.75, 3.05) is 5.32 Å². The van der Waals surface area contributed by atoms with E-state index in [0.717, 1.165) is 17.1 Å². The van der Waals surface area contributed by atoms with Crippen LogP contribution < -0.4 is 10.1 Å². The highest BCUT2D eigenvalue weighted by Crippen LogP contribution is 2.24. The second kappa shape index (κ2) is 10.0. The SMILES string of the molecule is O=C(Nc1nc(SCc2ccccc2)ns1)c1ccccc1COc1ccccc1. The summed E-state index contributed by atoms with van der Waals surface area (Å²) in [5, 5.41) is 3.99. The summed E-state index contributed by atoms with van der Waals surface area (Å²) < 4.78 is 10.1. The maximum absolute atomic E-state index is 12.8. The minimum absolute atomic E-state index is 0.224. The Balaban J connectivity index is 1.38. The molecule has 0 aliphatic rings. The van der Waals surface area contributed by atoms with Gasteiger partial charge >= 0.3 is 0 Å². The van der Waals surface area contributed by atoms with E-state index < -0.39 is 0 Å². The molecule has 0 saturated carbocycles. The van der Waals surface area contributed by atoms with Gasteiger partial charge in [0.25, 0.3) is 5.91 Å². The number of nitrogens with zero attached hydrogens (tertiary/aromatic N) is 2. The highest BCUT2D eigenvalue weighted by molar-refractivity contribution is 7.98. The number of hydrogen-bond donors (Lipinski definition) is 1. The molecule has 1 N–H and O–H groups in total. The monoisotopic (exact) mass is 433 g/mol. The summed E-state index contributed by atoms with van der Waals surface area (Å²) in [6.45, 7) is 0.307. The lowest BCUT2D eigenvalue weighted by molar-refractivity contribution is 0.102. The number of benzene rings is 3. The number of amides is 1. The van der Waals surface area contributed by atoms with Crippen molar-refractivity contribution in [3.8, 4) is 5.75 Å². The molecule has 0 atom stereocenters. The molecule has 5 nitrogen and oxygen atoms in total. The first-order valence-electron chi connectivity index (χ1n) is 9.35. The molecule has 4 rings (SSSR count). The van der Waals surface area contributed by atoms with Crippen molar-refractivity contribution in [2.24, 2.45) is 0 Å². The second-order valence-corrected chi connectivity index (χ2v) is 8.06. The zero-order valence-corrected chi connectivity index (χ0v) is 17.7. The average Bonchev–Trinajstić information content (AvgIpc) is 3.25. The Bertz CT molecular complexity index is 1100. The van der Waals surface area contributed by atoms with Crippen LogP contribution in [0, 0.1) is 0 Å². The first-order chi connectivity index (χ1) is 14.8.